The highest BCUT2D eigenvalue weighted by atomic mass is 19.4. The normalized spacial score (nSPS) is 22.9. The number of hydrogen-bond acceptors (Lipinski definition) is 8. The summed E-state index contributed by atoms with van der Waals surface area (Å²) in [6.45, 7) is 1.54. The summed E-state index contributed by atoms with van der Waals surface area (Å²) in [5.41, 5.74) is 0.369. The molecule has 2 amide bonds. The Morgan fingerprint density at radius 3 is 2.60 bits per heavy atom. The zero-order valence-corrected chi connectivity index (χ0v) is 24.3. The third kappa shape index (κ3) is 6.24. The molecule has 0 spiro atoms. The van der Waals surface area contributed by atoms with Crippen LogP contribution in [0.1, 0.15) is 71.3 Å². The second-order valence-corrected chi connectivity index (χ2v) is 12.1. The number of nitrogens with zero attached hydrogens (tertiary/aromatic N) is 7. The average Bonchev–Trinajstić information content (AvgIpc) is 3.75. The first-order valence-electron chi connectivity index (χ1n) is 14.4. The molecule has 2 aliphatic rings. The molecule has 2 N–H and O–H groups in total. The Kier molecular flexibility index (Phi) is 7.59. The zero-order chi connectivity index (χ0) is 32.1. The molecule has 240 valence electrons. The van der Waals surface area contributed by atoms with Crippen molar-refractivity contribution in [2.75, 3.05) is 0 Å². The van der Waals surface area contributed by atoms with Crippen LogP contribution in [0.3, 0.4) is 0 Å². The van der Waals surface area contributed by atoms with Gasteiger partial charge in [0, 0.05) is 32.5 Å². The van der Waals surface area contributed by atoms with Crippen LogP contribution in [0.2, 0.25) is 0 Å². The second kappa shape index (κ2) is 11.2. The van der Waals surface area contributed by atoms with Gasteiger partial charge in [-0.3, -0.25) is 14.3 Å². The molecule has 1 aliphatic carbocycles. The molecule has 0 unspecified atom stereocenters. The lowest BCUT2D eigenvalue weighted by Crippen LogP contribution is -2.39. The Bertz CT molecular complexity index is 1720. The molecule has 4 aromatic heterocycles. The van der Waals surface area contributed by atoms with Gasteiger partial charge < -0.3 is 10.6 Å². The lowest BCUT2D eigenvalue weighted by Gasteiger charge is -2.33. The number of alkyl halides is 5. The minimum absolute atomic E-state index is 0.0200. The van der Waals surface area contributed by atoms with Gasteiger partial charge in [-0.05, 0) is 61.4 Å². The molecular weight excluding hydrogens is 605 g/mol. The summed E-state index contributed by atoms with van der Waals surface area (Å²) >= 11 is 0. The van der Waals surface area contributed by atoms with Gasteiger partial charge in [-0.1, -0.05) is 5.16 Å². The predicted octanol–water partition coefficient (Wildman–Crippen LogP) is 3.67. The van der Waals surface area contributed by atoms with Crippen LogP contribution in [0.4, 0.5) is 22.0 Å². The molecule has 6 rings (SSSR count). The molecule has 1 saturated heterocycles. The highest BCUT2D eigenvalue weighted by Gasteiger charge is 2.55. The van der Waals surface area contributed by atoms with Crippen molar-refractivity contribution >= 4 is 17.5 Å². The quantitative estimate of drug-likeness (QED) is 0.279. The standard InChI is InChI=1S/C28H30F5N9O3/c1-15-22(40-45-39-15)24(43)37-23(17-3-6-27(29,30)7-4-17)19-14-42-21(35-19)9-16(13-34-42)10-26(11-18-5-8-41(2)38-18)12-20(28(31,32)33)36-25(26)44/h5,8-9,13-14,17,20,23H,3-4,6-7,10-12H2,1-2H3,(H,36,44)(H,37,43)/t20-,23-,26+/m0/s1. The summed E-state index contributed by atoms with van der Waals surface area (Å²) in [7, 11) is 1.68. The fraction of sp³-hybridized carbons (Fsp3) is 0.536. The van der Waals surface area contributed by atoms with Crippen LogP contribution in [0.25, 0.3) is 5.65 Å². The van der Waals surface area contributed by atoms with Gasteiger partial charge in [0.25, 0.3) is 5.91 Å². The number of carbonyl (C=O) groups is 2. The van der Waals surface area contributed by atoms with Crippen LogP contribution in [-0.4, -0.2) is 64.6 Å². The summed E-state index contributed by atoms with van der Waals surface area (Å²) in [4.78, 5) is 30.9. The maximum atomic E-state index is 14.0. The van der Waals surface area contributed by atoms with E-state index in [9.17, 15) is 31.5 Å². The summed E-state index contributed by atoms with van der Waals surface area (Å²) in [5.74, 6) is -4.50. The summed E-state index contributed by atoms with van der Waals surface area (Å²) in [6.07, 6.45) is -0.941. The minimum Gasteiger partial charge on any atom is -0.344 e. The molecule has 17 heteroatoms. The fourth-order valence-electron chi connectivity index (χ4n) is 6.36. The molecule has 45 heavy (non-hydrogen) atoms. The third-order valence-corrected chi connectivity index (χ3v) is 8.71. The van der Waals surface area contributed by atoms with Gasteiger partial charge in [-0.25, -0.2) is 22.9 Å². The largest absolute Gasteiger partial charge is 0.408 e. The van der Waals surface area contributed by atoms with Crippen LogP contribution in [0.15, 0.2) is 35.4 Å². The molecule has 0 bridgehead atoms. The molecule has 2 fully saturated rings. The first-order chi connectivity index (χ1) is 21.2. The van der Waals surface area contributed by atoms with Crippen LogP contribution in [0, 0.1) is 18.3 Å². The second-order valence-electron chi connectivity index (χ2n) is 12.1. The number of hydrogen-bond donors (Lipinski definition) is 2. The fourth-order valence-corrected chi connectivity index (χ4v) is 6.36. The number of nitrogens with one attached hydrogen (secondary N) is 2. The number of aryl methyl sites for hydroxylation is 2. The number of aromatic nitrogens is 7. The summed E-state index contributed by atoms with van der Waals surface area (Å²) in [5, 5.41) is 20.9. The predicted molar refractivity (Wildman–Crippen MR) is 145 cm³/mol. The topological polar surface area (TPSA) is 145 Å². The van der Waals surface area contributed by atoms with E-state index >= 15 is 0 Å². The van der Waals surface area contributed by atoms with Crippen molar-refractivity contribution in [3.05, 3.63) is 59.1 Å². The highest BCUT2D eigenvalue weighted by Crippen LogP contribution is 2.43. The molecule has 0 radical (unpaired) electrons. The summed E-state index contributed by atoms with van der Waals surface area (Å²) in [6, 6.07) is 0.493. The van der Waals surface area contributed by atoms with Gasteiger partial charge >= 0.3 is 6.18 Å². The lowest BCUT2D eigenvalue weighted by molar-refractivity contribution is -0.155. The number of halogens is 5. The van der Waals surface area contributed by atoms with E-state index in [0.29, 0.717) is 22.6 Å². The molecule has 3 atom stereocenters. The van der Waals surface area contributed by atoms with E-state index in [1.54, 1.807) is 38.5 Å². The number of carbonyl (C=O) groups excluding carboxylic acids is 2. The molecule has 12 nitrogen and oxygen atoms in total. The van der Waals surface area contributed by atoms with Crippen molar-refractivity contribution < 1.29 is 36.2 Å². The Labute approximate surface area is 252 Å². The van der Waals surface area contributed by atoms with Crippen LogP contribution in [0.5, 0.6) is 0 Å². The maximum absolute atomic E-state index is 14.0. The maximum Gasteiger partial charge on any atom is 0.408 e. The van der Waals surface area contributed by atoms with Crippen LogP contribution in [-0.2, 0) is 24.7 Å². The Hall–Kier alpha value is -4.44. The van der Waals surface area contributed by atoms with Gasteiger partial charge in [-0.15, -0.1) is 0 Å². The first kappa shape index (κ1) is 30.6. The zero-order valence-electron chi connectivity index (χ0n) is 24.3. The van der Waals surface area contributed by atoms with Crippen molar-refractivity contribution in [3.8, 4) is 0 Å². The highest BCUT2D eigenvalue weighted by molar-refractivity contribution is 5.93. The SMILES string of the molecule is Cc1nonc1C(=O)N[C@H](c1cn2ncc(C[C@@]3(Cc4ccn(C)n4)C[C@@H](C(F)(F)F)NC3=O)cc2n1)C1CCC(F)(F)CC1. The van der Waals surface area contributed by atoms with E-state index in [0.717, 1.165) is 0 Å². The first-order valence-corrected chi connectivity index (χ1v) is 14.4. The van der Waals surface area contributed by atoms with Crippen molar-refractivity contribution in [1.29, 1.82) is 0 Å². The molecule has 1 saturated carbocycles. The Morgan fingerprint density at radius 1 is 1.22 bits per heavy atom. The van der Waals surface area contributed by atoms with E-state index < -0.39 is 47.8 Å². The monoisotopic (exact) mass is 635 g/mol. The van der Waals surface area contributed by atoms with E-state index in [-0.39, 0.29) is 55.8 Å². The lowest BCUT2D eigenvalue weighted by atomic mass is 9.75. The van der Waals surface area contributed by atoms with Gasteiger partial charge in [0.15, 0.2) is 11.3 Å². The van der Waals surface area contributed by atoms with Gasteiger partial charge in [-0.2, -0.15) is 23.4 Å². The number of fused-ring (bicyclic) bond motifs is 1. The third-order valence-electron chi connectivity index (χ3n) is 8.71. The van der Waals surface area contributed by atoms with Crippen molar-refractivity contribution in [1.82, 2.24) is 45.3 Å². The van der Waals surface area contributed by atoms with Crippen molar-refractivity contribution in [2.24, 2.45) is 18.4 Å². The Morgan fingerprint density at radius 2 is 1.98 bits per heavy atom. The molecular formula is C28H30F5N9O3. The van der Waals surface area contributed by atoms with Crippen LogP contribution >= 0.6 is 0 Å². The minimum atomic E-state index is -4.62. The van der Waals surface area contributed by atoms with Gasteiger partial charge in [0.2, 0.25) is 11.8 Å². The van der Waals surface area contributed by atoms with E-state index in [1.807, 2.05) is 0 Å². The Balaban J connectivity index is 1.31. The molecule has 5 heterocycles. The average molecular weight is 636 g/mol. The van der Waals surface area contributed by atoms with E-state index in [4.69, 9.17) is 0 Å². The smallest absolute Gasteiger partial charge is 0.344 e. The molecule has 0 aromatic carbocycles. The van der Waals surface area contributed by atoms with Crippen LogP contribution < -0.4 is 10.6 Å². The van der Waals surface area contributed by atoms with E-state index in [2.05, 4.69) is 40.8 Å². The van der Waals surface area contributed by atoms with E-state index in [1.165, 1.54) is 15.4 Å². The number of amides is 2. The molecule has 1 aliphatic heterocycles. The number of rotatable bonds is 8. The number of imidazole rings is 1. The van der Waals surface area contributed by atoms with Gasteiger partial charge in [0.1, 0.15) is 11.7 Å². The van der Waals surface area contributed by atoms with Gasteiger partial charge in [0.05, 0.1) is 35.2 Å². The summed E-state index contributed by atoms with van der Waals surface area (Å²) < 4.78 is 76.7. The molecule has 4 aromatic rings. The van der Waals surface area contributed by atoms with Crippen molar-refractivity contribution in [3.63, 3.8) is 0 Å². The van der Waals surface area contributed by atoms with Crippen molar-refractivity contribution in [2.45, 2.75) is 76.1 Å².